The van der Waals surface area contributed by atoms with Crippen LogP contribution in [0.15, 0.2) is 24.9 Å². The molecule has 0 unspecified atom stereocenters. The summed E-state index contributed by atoms with van der Waals surface area (Å²) >= 11 is 0. The van der Waals surface area contributed by atoms with E-state index in [0.717, 1.165) is 5.69 Å². The molecule has 7 nitrogen and oxygen atoms in total. The maximum atomic E-state index is 5.74. The van der Waals surface area contributed by atoms with E-state index in [4.69, 9.17) is 5.73 Å². The standard InChI is InChI=1S/C10H9N7/c1-6-2-8(13-4-12-6)17-10-7(3-16-17)9(11)14-5-15-10/h2-5H,1H3,(H2,11,14,15). The number of hydrogen-bond donors (Lipinski definition) is 1. The van der Waals surface area contributed by atoms with Crippen LogP contribution in [0.4, 0.5) is 5.82 Å². The molecule has 0 saturated carbocycles. The second-order valence-electron chi connectivity index (χ2n) is 3.57. The van der Waals surface area contributed by atoms with Crippen LogP contribution in [0.25, 0.3) is 16.9 Å². The van der Waals surface area contributed by atoms with Gasteiger partial charge in [-0.3, -0.25) is 0 Å². The highest BCUT2D eigenvalue weighted by Crippen LogP contribution is 2.18. The SMILES string of the molecule is Cc1cc(-n2ncc3c(N)ncnc32)ncn1. The van der Waals surface area contributed by atoms with Gasteiger partial charge in [-0.2, -0.15) is 9.78 Å². The second kappa shape index (κ2) is 3.48. The van der Waals surface area contributed by atoms with Crippen molar-refractivity contribution in [1.82, 2.24) is 29.7 Å². The van der Waals surface area contributed by atoms with E-state index in [1.54, 1.807) is 10.9 Å². The van der Waals surface area contributed by atoms with Crippen molar-refractivity contribution in [2.45, 2.75) is 6.92 Å². The van der Waals surface area contributed by atoms with Gasteiger partial charge in [0.2, 0.25) is 0 Å². The van der Waals surface area contributed by atoms with Crippen LogP contribution in [0.3, 0.4) is 0 Å². The first kappa shape index (κ1) is 9.64. The molecule has 3 heterocycles. The average Bonchev–Trinajstić information content (AvgIpc) is 2.74. The van der Waals surface area contributed by atoms with Crippen LogP contribution in [0.1, 0.15) is 5.69 Å². The van der Waals surface area contributed by atoms with Gasteiger partial charge in [-0.25, -0.2) is 19.9 Å². The lowest BCUT2D eigenvalue weighted by Gasteiger charge is -2.01. The Morgan fingerprint density at radius 1 is 1.12 bits per heavy atom. The van der Waals surface area contributed by atoms with Crippen molar-refractivity contribution < 1.29 is 0 Å². The maximum absolute atomic E-state index is 5.74. The van der Waals surface area contributed by atoms with Crippen molar-refractivity contribution in [1.29, 1.82) is 0 Å². The number of nitrogens with two attached hydrogens (primary N) is 1. The molecular weight excluding hydrogens is 218 g/mol. The molecule has 0 fully saturated rings. The van der Waals surface area contributed by atoms with Crippen LogP contribution in [0.2, 0.25) is 0 Å². The van der Waals surface area contributed by atoms with Crippen molar-refractivity contribution in [3.05, 3.63) is 30.6 Å². The number of hydrogen-bond acceptors (Lipinski definition) is 6. The maximum Gasteiger partial charge on any atom is 0.170 e. The van der Waals surface area contributed by atoms with Gasteiger partial charge in [-0.1, -0.05) is 0 Å². The van der Waals surface area contributed by atoms with E-state index < -0.39 is 0 Å². The number of rotatable bonds is 1. The zero-order chi connectivity index (χ0) is 11.8. The quantitative estimate of drug-likeness (QED) is 0.650. The predicted octanol–water partition coefficient (Wildman–Crippen LogP) is 0.496. The Hall–Kier alpha value is -2.57. The van der Waals surface area contributed by atoms with Gasteiger partial charge in [0.25, 0.3) is 0 Å². The highest BCUT2D eigenvalue weighted by Gasteiger charge is 2.09. The van der Waals surface area contributed by atoms with E-state index in [9.17, 15) is 0 Å². The first-order valence-electron chi connectivity index (χ1n) is 4.99. The molecule has 0 saturated heterocycles. The van der Waals surface area contributed by atoms with Crippen LogP contribution in [-0.4, -0.2) is 29.7 Å². The fourth-order valence-corrected chi connectivity index (χ4v) is 1.59. The van der Waals surface area contributed by atoms with Crippen molar-refractivity contribution >= 4 is 16.9 Å². The molecule has 7 heteroatoms. The first-order valence-corrected chi connectivity index (χ1v) is 4.99. The van der Waals surface area contributed by atoms with E-state index in [0.29, 0.717) is 22.7 Å². The number of anilines is 1. The lowest BCUT2D eigenvalue weighted by atomic mass is 10.4. The van der Waals surface area contributed by atoms with Crippen molar-refractivity contribution in [2.24, 2.45) is 0 Å². The summed E-state index contributed by atoms with van der Waals surface area (Å²) in [6.45, 7) is 1.89. The molecule has 0 aromatic carbocycles. The summed E-state index contributed by atoms with van der Waals surface area (Å²) in [5.41, 5.74) is 7.24. The highest BCUT2D eigenvalue weighted by atomic mass is 15.3. The van der Waals surface area contributed by atoms with E-state index in [1.807, 2.05) is 13.0 Å². The Bertz CT molecular complexity index is 688. The first-order chi connectivity index (χ1) is 8.25. The molecule has 3 aromatic heterocycles. The zero-order valence-corrected chi connectivity index (χ0v) is 9.07. The van der Waals surface area contributed by atoms with E-state index in [-0.39, 0.29) is 0 Å². The molecule has 0 spiro atoms. The molecule has 0 bridgehead atoms. The number of nitrogen functional groups attached to an aromatic ring is 1. The van der Waals surface area contributed by atoms with Gasteiger partial charge in [0.05, 0.1) is 11.6 Å². The van der Waals surface area contributed by atoms with Gasteiger partial charge in [0, 0.05) is 11.8 Å². The smallest absolute Gasteiger partial charge is 0.170 e. The summed E-state index contributed by atoms with van der Waals surface area (Å²) in [4.78, 5) is 16.3. The fraction of sp³-hybridized carbons (Fsp3) is 0.100. The van der Waals surface area contributed by atoms with E-state index >= 15 is 0 Å². The summed E-state index contributed by atoms with van der Waals surface area (Å²) in [6, 6.07) is 1.82. The van der Waals surface area contributed by atoms with Crippen LogP contribution < -0.4 is 5.73 Å². The third kappa shape index (κ3) is 1.48. The second-order valence-corrected chi connectivity index (χ2v) is 3.57. The fourth-order valence-electron chi connectivity index (χ4n) is 1.59. The van der Waals surface area contributed by atoms with Crippen LogP contribution in [0, 0.1) is 6.92 Å². The number of fused-ring (bicyclic) bond motifs is 1. The Morgan fingerprint density at radius 3 is 2.76 bits per heavy atom. The Morgan fingerprint density at radius 2 is 1.94 bits per heavy atom. The monoisotopic (exact) mass is 227 g/mol. The number of aryl methyl sites for hydroxylation is 1. The summed E-state index contributed by atoms with van der Waals surface area (Å²) in [5.74, 6) is 1.07. The molecule has 0 aliphatic heterocycles. The molecule has 0 aliphatic carbocycles. The molecule has 0 aliphatic rings. The van der Waals surface area contributed by atoms with Gasteiger partial charge >= 0.3 is 0 Å². The lowest BCUT2D eigenvalue weighted by molar-refractivity contribution is 0.848. The minimum atomic E-state index is 0.409. The van der Waals surface area contributed by atoms with E-state index in [2.05, 4.69) is 25.0 Å². The molecule has 0 atom stereocenters. The molecule has 3 aromatic rings. The summed E-state index contributed by atoms with van der Waals surface area (Å²) in [6.07, 6.45) is 4.52. The molecule has 0 amide bonds. The number of nitrogens with zero attached hydrogens (tertiary/aromatic N) is 6. The summed E-state index contributed by atoms with van der Waals surface area (Å²) in [5, 5.41) is 4.92. The van der Waals surface area contributed by atoms with Gasteiger partial charge in [0.15, 0.2) is 11.5 Å². The van der Waals surface area contributed by atoms with Crippen LogP contribution in [0.5, 0.6) is 0 Å². The molecule has 84 valence electrons. The normalized spacial score (nSPS) is 10.9. The van der Waals surface area contributed by atoms with Crippen LogP contribution >= 0.6 is 0 Å². The van der Waals surface area contributed by atoms with Crippen molar-refractivity contribution in [3.8, 4) is 5.82 Å². The number of aromatic nitrogens is 6. The Labute approximate surface area is 96.4 Å². The molecular formula is C10H9N7. The molecule has 17 heavy (non-hydrogen) atoms. The zero-order valence-electron chi connectivity index (χ0n) is 9.07. The largest absolute Gasteiger partial charge is 0.383 e. The highest BCUT2D eigenvalue weighted by molar-refractivity contribution is 5.85. The minimum Gasteiger partial charge on any atom is -0.383 e. The predicted molar refractivity (Wildman–Crippen MR) is 61.4 cm³/mol. The van der Waals surface area contributed by atoms with Crippen molar-refractivity contribution in [2.75, 3.05) is 5.73 Å². The third-order valence-corrected chi connectivity index (χ3v) is 2.40. The van der Waals surface area contributed by atoms with Gasteiger partial charge < -0.3 is 5.73 Å². The van der Waals surface area contributed by atoms with Gasteiger partial charge in [-0.15, -0.1) is 0 Å². The topological polar surface area (TPSA) is 95.4 Å². The lowest BCUT2D eigenvalue weighted by Crippen LogP contribution is -2.02. The molecule has 0 radical (unpaired) electrons. The average molecular weight is 227 g/mol. The Balaban J connectivity index is 2.28. The minimum absolute atomic E-state index is 0.409. The summed E-state index contributed by atoms with van der Waals surface area (Å²) < 4.78 is 1.61. The van der Waals surface area contributed by atoms with Crippen molar-refractivity contribution in [3.63, 3.8) is 0 Å². The van der Waals surface area contributed by atoms with Gasteiger partial charge in [0.1, 0.15) is 18.5 Å². The Kier molecular flexibility index (Phi) is 1.97. The molecule has 2 N–H and O–H groups in total. The molecule has 3 rings (SSSR count). The summed E-state index contributed by atoms with van der Waals surface area (Å²) in [7, 11) is 0. The third-order valence-electron chi connectivity index (χ3n) is 2.40. The van der Waals surface area contributed by atoms with E-state index in [1.165, 1.54) is 12.7 Å². The van der Waals surface area contributed by atoms with Gasteiger partial charge in [-0.05, 0) is 6.92 Å². The van der Waals surface area contributed by atoms with Crippen LogP contribution in [-0.2, 0) is 0 Å².